The van der Waals surface area contributed by atoms with E-state index >= 15 is 0 Å². The number of furan rings is 1. The third kappa shape index (κ3) is 3.19. The topological polar surface area (TPSA) is 43.6 Å². The highest BCUT2D eigenvalue weighted by atomic mass is 32.2. The van der Waals surface area contributed by atoms with Crippen LogP contribution in [0.25, 0.3) is 0 Å². The maximum atomic E-state index is 5.66. The molecule has 1 aromatic heterocycles. The van der Waals surface area contributed by atoms with Crippen LogP contribution < -0.4 is 14.8 Å². The normalized spacial score (nSPS) is 15.0. The minimum atomic E-state index is 0.169. The highest BCUT2D eigenvalue weighted by Crippen LogP contribution is 2.36. The second kappa shape index (κ2) is 6.45. The van der Waals surface area contributed by atoms with Gasteiger partial charge in [0.15, 0.2) is 11.5 Å². The summed E-state index contributed by atoms with van der Waals surface area (Å²) < 4.78 is 16.7. The zero-order valence-corrected chi connectivity index (χ0v) is 13.0. The minimum Gasteiger partial charge on any atom is -0.486 e. The maximum Gasteiger partial charge on any atom is 0.162 e. The minimum absolute atomic E-state index is 0.169. The van der Waals surface area contributed by atoms with Crippen molar-refractivity contribution < 1.29 is 13.9 Å². The van der Waals surface area contributed by atoms with Gasteiger partial charge in [-0.3, -0.25) is 0 Å². The average molecular weight is 305 g/mol. The lowest BCUT2D eigenvalue weighted by Crippen LogP contribution is -2.19. The van der Waals surface area contributed by atoms with Gasteiger partial charge in [0.25, 0.3) is 0 Å². The lowest BCUT2D eigenvalue weighted by atomic mass is 10.1. The number of ether oxygens (including phenoxy) is 2. The van der Waals surface area contributed by atoms with Gasteiger partial charge in [0.1, 0.15) is 19.0 Å². The van der Waals surface area contributed by atoms with E-state index in [1.54, 1.807) is 18.0 Å². The highest BCUT2D eigenvalue weighted by molar-refractivity contribution is 7.98. The Bertz CT molecular complexity index is 598. The van der Waals surface area contributed by atoms with Crippen LogP contribution in [0.3, 0.4) is 0 Å². The summed E-state index contributed by atoms with van der Waals surface area (Å²) >= 11 is 1.72. The Kier molecular flexibility index (Phi) is 4.41. The van der Waals surface area contributed by atoms with Gasteiger partial charge in [-0.2, -0.15) is 0 Å². The first-order valence-electron chi connectivity index (χ1n) is 7.01. The second-order valence-corrected chi connectivity index (χ2v) is 5.77. The van der Waals surface area contributed by atoms with Crippen molar-refractivity contribution in [1.29, 1.82) is 0 Å². The van der Waals surface area contributed by atoms with E-state index < -0.39 is 0 Å². The van der Waals surface area contributed by atoms with Crippen LogP contribution in [0.4, 0.5) is 0 Å². The summed E-state index contributed by atoms with van der Waals surface area (Å²) in [4.78, 5) is 1.21. The molecule has 0 fully saturated rings. The maximum absolute atomic E-state index is 5.66. The Hall–Kier alpha value is -1.59. The van der Waals surface area contributed by atoms with E-state index in [1.807, 2.05) is 12.1 Å². The van der Waals surface area contributed by atoms with Crippen molar-refractivity contribution in [2.75, 3.05) is 19.5 Å². The van der Waals surface area contributed by atoms with Crippen LogP contribution in [0, 0.1) is 0 Å². The van der Waals surface area contributed by atoms with Crippen LogP contribution in [-0.4, -0.2) is 19.5 Å². The third-order valence-electron chi connectivity index (χ3n) is 3.51. The van der Waals surface area contributed by atoms with Gasteiger partial charge in [-0.15, -0.1) is 11.8 Å². The molecule has 0 aliphatic carbocycles. The van der Waals surface area contributed by atoms with E-state index in [-0.39, 0.29) is 6.04 Å². The average Bonchev–Trinajstić information content (AvgIpc) is 3.06. The van der Waals surface area contributed by atoms with Crippen molar-refractivity contribution >= 4 is 11.8 Å². The van der Waals surface area contributed by atoms with Gasteiger partial charge in [-0.1, -0.05) is 0 Å². The molecule has 0 spiro atoms. The van der Waals surface area contributed by atoms with Crippen molar-refractivity contribution in [1.82, 2.24) is 5.32 Å². The predicted molar refractivity (Wildman–Crippen MR) is 83.2 cm³/mol. The fourth-order valence-electron chi connectivity index (χ4n) is 2.34. The van der Waals surface area contributed by atoms with Gasteiger partial charge in [-0.05, 0) is 43.0 Å². The van der Waals surface area contributed by atoms with Crippen molar-refractivity contribution in [3.05, 3.63) is 41.9 Å². The first-order chi connectivity index (χ1) is 10.3. The van der Waals surface area contributed by atoms with E-state index in [4.69, 9.17) is 13.9 Å². The van der Waals surface area contributed by atoms with Crippen LogP contribution in [0.1, 0.15) is 24.3 Å². The zero-order valence-electron chi connectivity index (χ0n) is 12.2. The third-order valence-corrected chi connectivity index (χ3v) is 4.33. The summed E-state index contributed by atoms with van der Waals surface area (Å²) in [5.41, 5.74) is 1.21. The summed E-state index contributed by atoms with van der Waals surface area (Å²) in [6.07, 6.45) is 3.77. The number of hydrogen-bond donors (Lipinski definition) is 1. The molecule has 1 N–H and O–H groups in total. The van der Waals surface area contributed by atoms with Gasteiger partial charge < -0.3 is 19.2 Å². The Morgan fingerprint density at radius 2 is 2.00 bits per heavy atom. The SMILES string of the molecule is CSc1cc2c(cc1CN[C@@H](C)c1ccco1)OCCO2. The first kappa shape index (κ1) is 14.4. The Morgan fingerprint density at radius 3 is 2.67 bits per heavy atom. The van der Waals surface area contributed by atoms with Crippen molar-refractivity contribution in [3.8, 4) is 11.5 Å². The lowest BCUT2D eigenvalue weighted by Gasteiger charge is -2.21. The molecule has 1 aromatic carbocycles. The molecule has 1 aliphatic heterocycles. The molecule has 0 saturated heterocycles. The first-order valence-corrected chi connectivity index (χ1v) is 8.23. The van der Waals surface area contributed by atoms with E-state index in [0.29, 0.717) is 13.2 Å². The molecule has 0 amide bonds. The molecule has 21 heavy (non-hydrogen) atoms. The second-order valence-electron chi connectivity index (χ2n) is 4.93. The molecule has 112 valence electrons. The summed E-state index contributed by atoms with van der Waals surface area (Å²) in [6, 6.07) is 8.19. The lowest BCUT2D eigenvalue weighted by molar-refractivity contribution is 0.171. The van der Waals surface area contributed by atoms with Gasteiger partial charge in [-0.25, -0.2) is 0 Å². The zero-order chi connectivity index (χ0) is 14.7. The van der Waals surface area contributed by atoms with Gasteiger partial charge >= 0.3 is 0 Å². The molecule has 2 heterocycles. The van der Waals surface area contributed by atoms with Gasteiger partial charge in [0, 0.05) is 11.4 Å². The monoisotopic (exact) mass is 305 g/mol. The van der Waals surface area contributed by atoms with Gasteiger partial charge in [0.05, 0.1) is 12.3 Å². The van der Waals surface area contributed by atoms with E-state index in [0.717, 1.165) is 23.8 Å². The highest BCUT2D eigenvalue weighted by Gasteiger charge is 2.16. The molecule has 3 rings (SSSR count). The number of benzene rings is 1. The standard InChI is InChI=1S/C16H19NO3S/c1-11(13-4-3-5-18-13)17-10-12-8-14-15(9-16(12)21-2)20-7-6-19-14/h3-5,8-9,11,17H,6-7,10H2,1-2H3/t11-/m0/s1. The largest absolute Gasteiger partial charge is 0.486 e. The quantitative estimate of drug-likeness (QED) is 0.855. The van der Waals surface area contributed by atoms with Crippen LogP contribution in [0.5, 0.6) is 11.5 Å². The smallest absolute Gasteiger partial charge is 0.162 e. The van der Waals surface area contributed by atoms with E-state index in [1.165, 1.54) is 10.5 Å². The van der Waals surface area contributed by atoms with Crippen LogP contribution in [-0.2, 0) is 6.54 Å². The Labute approximate surface area is 128 Å². The molecule has 0 bridgehead atoms. The van der Waals surface area contributed by atoms with Crippen molar-refractivity contribution in [2.24, 2.45) is 0 Å². The molecule has 1 atom stereocenters. The molecular formula is C16H19NO3S. The molecule has 0 saturated carbocycles. The molecule has 5 heteroatoms. The number of nitrogens with one attached hydrogen (secondary N) is 1. The predicted octanol–water partition coefficient (Wildman–Crippen LogP) is 3.62. The number of thioether (sulfide) groups is 1. The van der Waals surface area contributed by atoms with E-state index in [2.05, 4.69) is 30.6 Å². The molecule has 2 aromatic rings. The summed E-state index contributed by atoms with van der Waals surface area (Å²) in [5, 5.41) is 3.48. The summed E-state index contributed by atoms with van der Waals surface area (Å²) in [6.45, 7) is 4.08. The number of fused-ring (bicyclic) bond motifs is 1. The van der Waals surface area contributed by atoms with Crippen molar-refractivity contribution in [3.63, 3.8) is 0 Å². The number of hydrogen-bond acceptors (Lipinski definition) is 5. The Balaban J connectivity index is 1.75. The molecule has 4 nitrogen and oxygen atoms in total. The van der Waals surface area contributed by atoms with Crippen LogP contribution >= 0.6 is 11.8 Å². The summed E-state index contributed by atoms with van der Waals surface area (Å²) in [5.74, 6) is 2.62. The molecule has 0 unspecified atom stereocenters. The Morgan fingerprint density at radius 1 is 1.24 bits per heavy atom. The molecule has 1 aliphatic rings. The molecular weight excluding hydrogens is 286 g/mol. The fraction of sp³-hybridized carbons (Fsp3) is 0.375. The fourth-order valence-corrected chi connectivity index (χ4v) is 2.96. The van der Waals surface area contributed by atoms with Crippen LogP contribution in [0.15, 0.2) is 39.8 Å². The number of rotatable bonds is 5. The van der Waals surface area contributed by atoms with Crippen LogP contribution in [0.2, 0.25) is 0 Å². The summed E-state index contributed by atoms with van der Waals surface area (Å²) in [7, 11) is 0. The van der Waals surface area contributed by atoms with Gasteiger partial charge in [0.2, 0.25) is 0 Å². The van der Waals surface area contributed by atoms with Crippen molar-refractivity contribution in [2.45, 2.75) is 24.4 Å². The van der Waals surface area contributed by atoms with E-state index in [9.17, 15) is 0 Å². The molecule has 0 radical (unpaired) electrons.